The monoisotopic (exact) mass is 513 g/mol. The lowest BCUT2D eigenvalue weighted by atomic mass is 9.81. The maximum atomic E-state index is 13.3. The Morgan fingerprint density at radius 3 is 2.19 bits per heavy atom. The van der Waals surface area contributed by atoms with Crippen molar-refractivity contribution in [2.75, 3.05) is 13.2 Å². The van der Waals surface area contributed by atoms with Gasteiger partial charge in [0.05, 0.1) is 35.4 Å². The van der Waals surface area contributed by atoms with Gasteiger partial charge in [-0.15, -0.1) is 5.10 Å². The molecular weight excluding hydrogens is 488 g/mol. The number of nitrogens with zero attached hydrogens (tertiary/aromatic N) is 4. The van der Waals surface area contributed by atoms with Gasteiger partial charge in [0.15, 0.2) is 0 Å². The summed E-state index contributed by atoms with van der Waals surface area (Å²) in [7, 11) is 0. The summed E-state index contributed by atoms with van der Waals surface area (Å²) in [5.74, 6) is 0.670. The van der Waals surface area contributed by atoms with Crippen molar-refractivity contribution in [3.8, 4) is 0 Å². The third kappa shape index (κ3) is 5.54. The number of aryl methyl sites for hydroxylation is 1. The topological polar surface area (TPSA) is 64.9 Å². The number of rotatable bonds is 6. The van der Waals surface area contributed by atoms with Crippen LogP contribution in [0, 0.1) is 6.92 Å². The molecule has 2 aromatic carbocycles. The standard InChI is InChI=1S/C24H25F6N5O/c1-15(17-10-19(23(25,26)27)12-20(11-17)24(28,29)30)36-14-22(18-6-4-3-5-7-18)9-8-21(13-31-22)35-16(2)32-33-34-35/h3-7,10-12,15,21,31H,8-9,13-14H2,1-2H3/t15-,21-,22?/m1/s1. The second kappa shape index (κ2) is 9.81. The summed E-state index contributed by atoms with van der Waals surface area (Å²) in [4.78, 5) is 0. The van der Waals surface area contributed by atoms with E-state index < -0.39 is 35.1 Å². The molecule has 12 heteroatoms. The number of halogens is 6. The molecule has 0 radical (unpaired) electrons. The van der Waals surface area contributed by atoms with Gasteiger partial charge >= 0.3 is 12.4 Å². The zero-order valence-corrected chi connectivity index (χ0v) is 19.6. The molecule has 0 bridgehead atoms. The first-order valence-corrected chi connectivity index (χ1v) is 11.3. The van der Waals surface area contributed by atoms with Crippen LogP contribution in [0.25, 0.3) is 0 Å². The molecule has 1 aliphatic heterocycles. The van der Waals surface area contributed by atoms with Gasteiger partial charge in [0, 0.05) is 6.54 Å². The van der Waals surface area contributed by atoms with E-state index >= 15 is 0 Å². The van der Waals surface area contributed by atoms with Crippen molar-refractivity contribution < 1.29 is 31.1 Å². The van der Waals surface area contributed by atoms with E-state index in [4.69, 9.17) is 4.74 Å². The van der Waals surface area contributed by atoms with E-state index in [-0.39, 0.29) is 24.3 Å². The summed E-state index contributed by atoms with van der Waals surface area (Å²) in [6, 6.07) is 10.9. The van der Waals surface area contributed by atoms with Crippen molar-refractivity contribution >= 4 is 0 Å². The van der Waals surface area contributed by atoms with E-state index in [9.17, 15) is 26.3 Å². The van der Waals surface area contributed by atoms with E-state index in [2.05, 4.69) is 20.8 Å². The maximum Gasteiger partial charge on any atom is 0.416 e. The summed E-state index contributed by atoms with van der Waals surface area (Å²) in [6.07, 6.45) is -9.59. The highest BCUT2D eigenvalue weighted by Gasteiger charge is 2.40. The lowest BCUT2D eigenvalue weighted by Gasteiger charge is -2.42. The lowest BCUT2D eigenvalue weighted by Crippen LogP contribution is -2.52. The number of tetrazole rings is 1. The van der Waals surface area contributed by atoms with Gasteiger partial charge in [0.2, 0.25) is 0 Å². The largest absolute Gasteiger partial charge is 0.416 e. The number of hydrogen-bond donors (Lipinski definition) is 1. The number of nitrogens with one attached hydrogen (secondary N) is 1. The molecule has 1 N–H and O–H groups in total. The summed E-state index contributed by atoms with van der Waals surface area (Å²) < 4.78 is 87.5. The van der Waals surface area contributed by atoms with Gasteiger partial charge in [-0.3, -0.25) is 0 Å². The molecule has 2 heterocycles. The maximum absolute atomic E-state index is 13.3. The minimum absolute atomic E-state index is 0.00734. The zero-order valence-electron chi connectivity index (χ0n) is 19.6. The Labute approximate surface area is 203 Å². The molecular formula is C24H25F6N5O. The highest BCUT2D eigenvalue weighted by Crippen LogP contribution is 2.39. The van der Waals surface area contributed by atoms with Crippen LogP contribution < -0.4 is 5.32 Å². The molecule has 4 rings (SSSR count). The summed E-state index contributed by atoms with van der Waals surface area (Å²) in [6.45, 7) is 3.79. The van der Waals surface area contributed by atoms with Crippen LogP contribution in [0.15, 0.2) is 48.5 Å². The molecule has 0 saturated carbocycles. The van der Waals surface area contributed by atoms with Crippen LogP contribution in [-0.4, -0.2) is 33.4 Å². The first kappa shape index (κ1) is 26.1. The fourth-order valence-corrected chi connectivity index (χ4v) is 4.49. The minimum atomic E-state index is -4.92. The molecule has 0 spiro atoms. The number of piperidine rings is 1. The number of benzene rings is 2. The summed E-state index contributed by atoms with van der Waals surface area (Å²) in [5, 5.41) is 15.1. The van der Waals surface area contributed by atoms with Gasteiger partial charge in [0.1, 0.15) is 5.82 Å². The van der Waals surface area contributed by atoms with Crippen LogP contribution >= 0.6 is 0 Å². The van der Waals surface area contributed by atoms with Crippen LogP contribution in [0.5, 0.6) is 0 Å². The fraction of sp³-hybridized carbons (Fsp3) is 0.458. The van der Waals surface area contributed by atoms with Gasteiger partial charge in [-0.1, -0.05) is 30.3 Å². The Kier molecular flexibility index (Phi) is 7.11. The molecule has 1 aliphatic rings. The van der Waals surface area contributed by atoms with Crippen LogP contribution in [0.3, 0.4) is 0 Å². The Morgan fingerprint density at radius 1 is 1.06 bits per heavy atom. The average Bonchev–Trinajstić information content (AvgIpc) is 3.27. The van der Waals surface area contributed by atoms with E-state index in [0.717, 1.165) is 5.56 Å². The molecule has 1 fully saturated rings. The van der Waals surface area contributed by atoms with Crippen LogP contribution in [0.4, 0.5) is 26.3 Å². The Hall–Kier alpha value is -2.99. The van der Waals surface area contributed by atoms with E-state index in [1.54, 1.807) is 11.6 Å². The van der Waals surface area contributed by atoms with Gasteiger partial charge in [-0.2, -0.15) is 26.3 Å². The summed E-state index contributed by atoms with van der Waals surface area (Å²) in [5.41, 5.74) is -2.71. The first-order valence-electron chi connectivity index (χ1n) is 11.3. The number of aromatic nitrogens is 4. The van der Waals surface area contributed by atoms with Crippen molar-refractivity contribution in [1.82, 2.24) is 25.5 Å². The highest BCUT2D eigenvalue weighted by molar-refractivity contribution is 5.35. The zero-order chi connectivity index (χ0) is 26.1. The second-order valence-corrected chi connectivity index (χ2v) is 8.98. The van der Waals surface area contributed by atoms with Crippen molar-refractivity contribution in [2.24, 2.45) is 0 Å². The third-order valence-electron chi connectivity index (χ3n) is 6.57. The van der Waals surface area contributed by atoms with E-state index in [1.165, 1.54) is 6.92 Å². The van der Waals surface area contributed by atoms with Crippen molar-refractivity contribution in [1.29, 1.82) is 0 Å². The number of hydrogen-bond acceptors (Lipinski definition) is 5. The van der Waals surface area contributed by atoms with Gasteiger partial charge < -0.3 is 10.1 Å². The molecule has 3 aromatic rings. The van der Waals surface area contributed by atoms with Crippen LogP contribution in [0.1, 0.15) is 60.0 Å². The molecule has 3 atom stereocenters. The van der Waals surface area contributed by atoms with Crippen molar-refractivity contribution in [3.63, 3.8) is 0 Å². The molecule has 6 nitrogen and oxygen atoms in total. The smallest absolute Gasteiger partial charge is 0.372 e. The van der Waals surface area contributed by atoms with E-state index in [1.807, 2.05) is 30.3 Å². The van der Waals surface area contributed by atoms with Crippen LogP contribution in [-0.2, 0) is 22.6 Å². The second-order valence-electron chi connectivity index (χ2n) is 8.98. The average molecular weight is 513 g/mol. The normalized spacial score (nSPS) is 21.9. The predicted molar refractivity (Wildman–Crippen MR) is 118 cm³/mol. The molecule has 194 valence electrons. The highest BCUT2D eigenvalue weighted by atomic mass is 19.4. The predicted octanol–water partition coefficient (Wildman–Crippen LogP) is 5.62. The molecule has 1 unspecified atom stereocenters. The molecule has 1 saturated heterocycles. The van der Waals surface area contributed by atoms with Gasteiger partial charge in [0.25, 0.3) is 0 Å². The molecule has 0 amide bonds. The van der Waals surface area contributed by atoms with Crippen LogP contribution in [0.2, 0.25) is 0 Å². The van der Waals surface area contributed by atoms with Crippen molar-refractivity contribution in [2.45, 2.75) is 56.7 Å². The minimum Gasteiger partial charge on any atom is -0.372 e. The van der Waals surface area contributed by atoms with E-state index in [0.29, 0.717) is 37.3 Å². The fourth-order valence-electron chi connectivity index (χ4n) is 4.49. The number of ether oxygens (including phenoxy) is 1. The number of alkyl halides is 6. The van der Waals surface area contributed by atoms with Gasteiger partial charge in [-0.25, -0.2) is 4.68 Å². The lowest BCUT2D eigenvalue weighted by molar-refractivity contribution is -0.143. The quantitative estimate of drug-likeness (QED) is 0.434. The Bertz CT molecular complexity index is 1140. The Morgan fingerprint density at radius 2 is 1.69 bits per heavy atom. The third-order valence-corrected chi connectivity index (χ3v) is 6.57. The molecule has 36 heavy (non-hydrogen) atoms. The SMILES string of the molecule is Cc1nnnn1[C@@H]1CCC(CO[C@H](C)c2cc(C(F)(F)F)cc(C(F)(F)F)c2)(c2ccccc2)NC1. The Balaban J connectivity index is 1.57. The molecule has 0 aliphatic carbocycles. The van der Waals surface area contributed by atoms with Gasteiger partial charge in [-0.05, 0) is 66.4 Å². The first-order chi connectivity index (χ1) is 16.9. The molecule has 1 aromatic heterocycles. The van der Waals surface area contributed by atoms with Crippen molar-refractivity contribution in [3.05, 3.63) is 76.6 Å². The summed E-state index contributed by atoms with van der Waals surface area (Å²) >= 11 is 0.